The van der Waals surface area contributed by atoms with Gasteiger partial charge in [0.15, 0.2) is 11.3 Å². The fourth-order valence-corrected chi connectivity index (χ4v) is 1.42. The summed E-state index contributed by atoms with van der Waals surface area (Å²) < 4.78 is 5.04. The second-order valence-electron chi connectivity index (χ2n) is 3.96. The SMILES string of the molecule is CN(C)CCNC(=O)c1noc2ccncc12. The maximum absolute atomic E-state index is 11.8. The zero-order valence-electron chi connectivity index (χ0n) is 9.80. The highest BCUT2D eigenvalue weighted by Gasteiger charge is 2.15. The minimum absolute atomic E-state index is 0.237. The minimum Gasteiger partial charge on any atom is -0.355 e. The molecule has 0 aliphatic heterocycles. The second kappa shape index (κ2) is 4.92. The van der Waals surface area contributed by atoms with Crippen LogP contribution in [0.25, 0.3) is 11.0 Å². The van der Waals surface area contributed by atoms with Crippen LogP contribution in [0.4, 0.5) is 0 Å². The lowest BCUT2D eigenvalue weighted by atomic mass is 10.2. The summed E-state index contributed by atoms with van der Waals surface area (Å²) in [6.45, 7) is 1.35. The van der Waals surface area contributed by atoms with E-state index in [9.17, 15) is 4.79 Å². The average molecular weight is 234 g/mol. The molecule has 1 amide bonds. The van der Waals surface area contributed by atoms with Gasteiger partial charge in [-0.25, -0.2) is 0 Å². The molecule has 0 aliphatic carbocycles. The molecule has 2 aromatic heterocycles. The Bertz CT molecular complexity index is 521. The van der Waals surface area contributed by atoms with E-state index >= 15 is 0 Å². The van der Waals surface area contributed by atoms with Gasteiger partial charge in [-0.05, 0) is 14.1 Å². The number of carbonyl (C=O) groups is 1. The smallest absolute Gasteiger partial charge is 0.274 e. The van der Waals surface area contributed by atoms with E-state index in [0.717, 1.165) is 6.54 Å². The van der Waals surface area contributed by atoms with Crippen molar-refractivity contribution in [2.75, 3.05) is 27.2 Å². The molecule has 6 nitrogen and oxygen atoms in total. The van der Waals surface area contributed by atoms with Gasteiger partial charge in [0.2, 0.25) is 0 Å². The van der Waals surface area contributed by atoms with E-state index in [1.807, 2.05) is 19.0 Å². The summed E-state index contributed by atoms with van der Waals surface area (Å²) in [5.41, 5.74) is 0.851. The average Bonchev–Trinajstić information content (AvgIpc) is 2.72. The highest BCUT2D eigenvalue weighted by atomic mass is 16.5. The molecule has 17 heavy (non-hydrogen) atoms. The molecule has 2 rings (SSSR count). The third-order valence-corrected chi connectivity index (χ3v) is 2.33. The second-order valence-corrected chi connectivity index (χ2v) is 3.96. The first-order chi connectivity index (χ1) is 8.18. The first-order valence-corrected chi connectivity index (χ1v) is 5.31. The van der Waals surface area contributed by atoms with E-state index in [4.69, 9.17) is 4.52 Å². The Morgan fingerprint density at radius 1 is 1.53 bits per heavy atom. The number of likely N-dealkylation sites (N-methyl/N-ethyl adjacent to an activating group) is 1. The molecule has 0 spiro atoms. The molecule has 1 N–H and O–H groups in total. The van der Waals surface area contributed by atoms with Crippen molar-refractivity contribution in [3.05, 3.63) is 24.2 Å². The molecule has 90 valence electrons. The van der Waals surface area contributed by atoms with Crippen LogP contribution in [0.2, 0.25) is 0 Å². The predicted molar refractivity (Wildman–Crippen MR) is 62.7 cm³/mol. The zero-order chi connectivity index (χ0) is 12.3. The summed E-state index contributed by atoms with van der Waals surface area (Å²) in [7, 11) is 3.89. The summed E-state index contributed by atoms with van der Waals surface area (Å²) in [4.78, 5) is 17.8. The lowest BCUT2D eigenvalue weighted by Crippen LogP contribution is -2.31. The van der Waals surface area contributed by atoms with E-state index in [1.54, 1.807) is 18.5 Å². The zero-order valence-corrected chi connectivity index (χ0v) is 9.80. The summed E-state index contributed by atoms with van der Waals surface area (Å²) in [5.74, 6) is -0.237. The van der Waals surface area contributed by atoms with Crippen LogP contribution >= 0.6 is 0 Å². The van der Waals surface area contributed by atoms with Crippen LogP contribution in [-0.2, 0) is 0 Å². The van der Waals surface area contributed by atoms with E-state index in [2.05, 4.69) is 15.5 Å². The van der Waals surface area contributed by atoms with E-state index in [-0.39, 0.29) is 11.6 Å². The molecular formula is C11H14N4O2. The number of nitrogens with one attached hydrogen (secondary N) is 1. The normalized spacial score (nSPS) is 11.0. The number of hydrogen-bond acceptors (Lipinski definition) is 5. The fraction of sp³-hybridized carbons (Fsp3) is 0.364. The van der Waals surface area contributed by atoms with E-state index in [0.29, 0.717) is 17.5 Å². The third kappa shape index (κ3) is 2.59. The first kappa shape index (κ1) is 11.5. The largest absolute Gasteiger partial charge is 0.355 e. The van der Waals surface area contributed by atoms with Crippen molar-refractivity contribution in [2.24, 2.45) is 0 Å². The molecule has 0 aromatic carbocycles. The monoisotopic (exact) mass is 234 g/mol. The Labute approximate surface area is 98.6 Å². The van der Waals surface area contributed by atoms with Crippen molar-refractivity contribution in [1.82, 2.24) is 20.4 Å². The van der Waals surface area contributed by atoms with Gasteiger partial charge in [0.25, 0.3) is 5.91 Å². The Balaban J connectivity index is 2.09. The Morgan fingerprint density at radius 3 is 3.12 bits per heavy atom. The molecule has 2 heterocycles. The Morgan fingerprint density at radius 2 is 2.35 bits per heavy atom. The van der Waals surface area contributed by atoms with Crippen molar-refractivity contribution in [3.63, 3.8) is 0 Å². The number of aromatic nitrogens is 2. The number of pyridine rings is 1. The molecule has 0 fully saturated rings. The number of nitrogens with zero attached hydrogens (tertiary/aromatic N) is 3. The lowest BCUT2D eigenvalue weighted by molar-refractivity contribution is 0.0943. The van der Waals surface area contributed by atoms with Crippen LogP contribution in [0, 0.1) is 0 Å². The summed E-state index contributed by atoms with van der Waals surface area (Å²) in [6.07, 6.45) is 3.17. The first-order valence-electron chi connectivity index (χ1n) is 5.31. The molecule has 0 bridgehead atoms. The van der Waals surface area contributed by atoms with Gasteiger partial charge < -0.3 is 14.7 Å². The number of hydrogen-bond donors (Lipinski definition) is 1. The molecule has 2 aromatic rings. The van der Waals surface area contributed by atoms with Crippen LogP contribution in [0.3, 0.4) is 0 Å². The maximum Gasteiger partial charge on any atom is 0.274 e. The van der Waals surface area contributed by atoms with Crippen LogP contribution in [0.5, 0.6) is 0 Å². The number of carbonyl (C=O) groups excluding carboxylic acids is 1. The van der Waals surface area contributed by atoms with E-state index in [1.165, 1.54) is 0 Å². The summed E-state index contributed by atoms with van der Waals surface area (Å²) in [5, 5.41) is 7.16. The van der Waals surface area contributed by atoms with Crippen molar-refractivity contribution in [3.8, 4) is 0 Å². The molecule has 0 radical (unpaired) electrons. The fourth-order valence-electron chi connectivity index (χ4n) is 1.42. The summed E-state index contributed by atoms with van der Waals surface area (Å²) in [6, 6.07) is 1.68. The number of amides is 1. The van der Waals surface area contributed by atoms with Gasteiger partial charge in [-0.3, -0.25) is 9.78 Å². The lowest BCUT2D eigenvalue weighted by Gasteiger charge is -2.09. The molecular weight excluding hydrogens is 220 g/mol. The van der Waals surface area contributed by atoms with Crippen molar-refractivity contribution in [1.29, 1.82) is 0 Å². The molecule has 0 unspecified atom stereocenters. The van der Waals surface area contributed by atoms with Crippen molar-refractivity contribution < 1.29 is 9.32 Å². The minimum atomic E-state index is -0.237. The topological polar surface area (TPSA) is 71.3 Å². The maximum atomic E-state index is 11.8. The van der Waals surface area contributed by atoms with Crippen molar-refractivity contribution >= 4 is 16.9 Å². The van der Waals surface area contributed by atoms with Crippen molar-refractivity contribution in [2.45, 2.75) is 0 Å². The predicted octanol–water partition coefficient (Wildman–Crippen LogP) is 0.514. The quantitative estimate of drug-likeness (QED) is 0.834. The molecule has 0 saturated carbocycles. The molecule has 0 atom stereocenters. The van der Waals surface area contributed by atoms with Gasteiger partial charge >= 0.3 is 0 Å². The highest BCUT2D eigenvalue weighted by molar-refractivity contribution is 6.03. The molecule has 0 saturated heterocycles. The van der Waals surface area contributed by atoms with Gasteiger partial charge in [0.05, 0.1) is 5.39 Å². The standard InChI is InChI=1S/C11H14N4O2/c1-15(2)6-5-13-11(16)10-8-7-12-4-3-9(8)17-14-10/h3-4,7H,5-6H2,1-2H3,(H,13,16). The Kier molecular flexibility index (Phi) is 3.34. The van der Waals surface area contributed by atoms with Crippen LogP contribution in [0.1, 0.15) is 10.5 Å². The van der Waals surface area contributed by atoms with Gasteiger partial charge in [0.1, 0.15) is 0 Å². The van der Waals surface area contributed by atoms with Gasteiger partial charge in [-0.15, -0.1) is 0 Å². The number of fused-ring (bicyclic) bond motifs is 1. The number of rotatable bonds is 4. The van der Waals surface area contributed by atoms with E-state index < -0.39 is 0 Å². The van der Waals surface area contributed by atoms with Crippen LogP contribution in [0.15, 0.2) is 23.0 Å². The summed E-state index contributed by atoms with van der Waals surface area (Å²) >= 11 is 0. The van der Waals surface area contributed by atoms with Gasteiger partial charge in [-0.2, -0.15) is 0 Å². The highest BCUT2D eigenvalue weighted by Crippen LogP contribution is 2.15. The van der Waals surface area contributed by atoms with Crippen LogP contribution in [-0.4, -0.2) is 48.1 Å². The molecule has 6 heteroatoms. The third-order valence-electron chi connectivity index (χ3n) is 2.33. The Hall–Kier alpha value is -1.95. The van der Waals surface area contributed by atoms with Gasteiger partial charge in [0, 0.05) is 31.5 Å². The van der Waals surface area contributed by atoms with Crippen LogP contribution < -0.4 is 5.32 Å². The van der Waals surface area contributed by atoms with Gasteiger partial charge in [-0.1, -0.05) is 5.16 Å². The molecule has 0 aliphatic rings.